The highest BCUT2D eigenvalue weighted by atomic mass is 16.1. The summed E-state index contributed by atoms with van der Waals surface area (Å²) in [5.41, 5.74) is 3.29. The zero-order valence-corrected chi connectivity index (χ0v) is 8.50. The molecule has 0 amide bonds. The fourth-order valence-corrected chi connectivity index (χ4v) is 1.45. The second-order valence-electron chi connectivity index (χ2n) is 3.59. The lowest BCUT2D eigenvalue weighted by Crippen LogP contribution is -2.12. The van der Waals surface area contributed by atoms with Gasteiger partial charge < -0.3 is 0 Å². The van der Waals surface area contributed by atoms with Gasteiger partial charge in [0.25, 0.3) is 0 Å². The Morgan fingerprint density at radius 2 is 2.08 bits per heavy atom. The second-order valence-corrected chi connectivity index (χ2v) is 3.59. The van der Waals surface area contributed by atoms with Crippen LogP contribution >= 0.6 is 0 Å². The summed E-state index contributed by atoms with van der Waals surface area (Å²) in [6, 6.07) is 6.07. The van der Waals surface area contributed by atoms with E-state index in [1.807, 2.05) is 12.1 Å². The topological polar surface area (TPSA) is 17.1 Å². The van der Waals surface area contributed by atoms with Crippen molar-refractivity contribution in [1.82, 2.24) is 0 Å². The number of carbonyl (C=O) groups is 1. The van der Waals surface area contributed by atoms with Gasteiger partial charge in [-0.1, -0.05) is 44.3 Å². The third-order valence-electron chi connectivity index (χ3n) is 2.31. The van der Waals surface area contributed by atoms with Gasteiger partial charge in [0.1, 0.15) is 6.29 Å². The monoisotopic (exact) mass is 174 g/mol. The molecule has 68 valence electrons. The molecule has 0 aliphatic heterocycles. The van der Waals surface area contributed by atoms with Crippen LogP contribution in [0.3, 0.4) is 0 Å². The summed E-state index contributed by atoms with van der Waals surface area (Å²) in [6.07, 6.45) is 0.939. The van der Waals surface area contributed by atoms with E-state index in [2.05, 4.69) is 26.7 Å². The third kappa shape index (κ3) is 2.21. The molecule has 0 bridgehead atoms. The molecule has 0 fully saturated rings. The molecule has 1 nitrogen and oxygen atoms in total. The first-order valence-electron chi connectivity index (χ1n) is 4.77. The Balaban J connectivity index is 3.17. The van der Waals surface area contributed by atoms with Crippen molar-refractivity contribution in [2.45, 2.75) is 26.6 Å². The van der Waals surface area contributed by atoms with Crippen LogP contribution in [0.5, 0.6) is 0 Å². The van der Waals surface area contributed by atoms with Crippen molar-refractivity contribution in [3.63, 3.8) is 0 Å². The smallest absolute Gasteiger partial charge is 0.154 e. The fraction of sp³-hybridized carbons (Fsp3) is 0.364. The standard InChI is InChI=1S/C11H15BO/c1-8(2)11-6-10(12-3)5-4-9(11)7-13/h4-8,12H,1-3H3. The molecule has 0 atom stereocenters. The van der Waals surface area contributed by atoms with E-state index in [-0.39, 0.29) is 0 Å². The van der Waals surface area contributed by atoms with Gasteiger partial charge in [-0.3, -0.25) is 4.79 Å². The maximum absolute atomic E-state index is 10.7. The van der Waals surface area contributed by atoms with E-state index in [9.17, 15) is 4.79 Å². The van der Waals surface area contributed by atoms with Gasteiger partial charge in [0.15, 0.2) is 7.28 Å². The van der Waals surface area contributed by atoms with Gasteiger partial charge >= 0.3 is 0 Å². The largest absolute Gasteiger partial charge is 0.298 e. The molecule has 0 aliphatic rings. The number of carbonyl (C=O) groups excluding carboxylic acids is 1. The summed E-state index contributed by atoms with van der Waals surface area (Å²) in [5.74, 6) is 0.423. The highest BCUT2D eigenvalue weighted by Crippen LogP contribution is 2.16. The van der Waals surface area contributed by atoms with Crippen molar-refractivity contribution >= 4 is 19.0 Å². The van der Waals surface area contributed by atoms with Crippen LogP contribution < -0.4 is 5.46 Å². The van der Waals surface area contributed by atoms with Crippen LogP contribution in [0.15, 0.2) is 18.2 Å². The minimum absolute atomic E-state index is 0.423. The summed E-state index contributed by atoms with van der Waals surface area (Å²) in [5, 5.41) is 0. The summed E-state index contributed by atoms with van der Waals surface area (Å²) in [6.45, 7) is 6.35. The Morgan fingerprint density at radius 3 is 2.54 bits per heavy atom. The number of benzene rings is 1. The van der Waals surface area contributed by atoms with Gasteiger partial charge in [-0.15, -0.1) is 0 Å². The molecule has 1 aromatic rings. The molecule has 0 spiro atoms. The predicted octanol–water partition coefficient (Wildman–Crippen LogP) is 1.73. The first-order valence-corrected chi connectivity index (χ1v) is 4.77. The first-order chi connectivity index (χ1) is 6.19. The summed E-state index contributed by atoms with van der Waals surface area (Å²) >= 11 is 0. The van der Waals surface area contributed by atoms with E-state index in [1.165, 1.54) is 5.46 Å². The molecular weight excluding hydrogens is 159 g/mol. The molecule has 0 aromatic heterocycles. The minimum Gasteiger partial charge on any atom is -0.298 e. The van der Waals surface area contributed by atoms with Crippen molar-refractivity contribution in [3.8, 4) is 0 Å². The molecule has 13 heavy (non-hydrogen) atoms. The van der Waals surface area contributed by atoms with Crippen molar-refractivity contribution in [1.29, 1.82) is 0 Å². The van der Waals surface area contributed by atoms with Gasteiger partial charge in [-0.05, 0) is 11.5 Å². The molecule has 0 N–H and O–H groups in total. The molecule has 1 rings (SSSR count). The number of hydrogen-bond donors (Lipinski definition) is 0. The van der Waals surface area contributed by atoms with E-state index in [4.69, 9.17) is 0 Å². The molecular formula is C11H15BO. The molecule has 1 aromatic carbocycles. The number of hydrogen-bond acceptors (Lipinski definition) is 1. The number of rotatable bonds is 3. The van der Waals surface area contributed by atoms with Gasteiger partial charge in [0.05, 0.1) is 0 Å². The van der Waals surface area contributed by atoms with Crippen LogP contribution in [-0.2, 0) is 0 Å². The molecule has 0 saturated heterocycles. The van der Waals surface area contributed by atoms with Crippen LogP contribution in [0.4, 0.5) is 0 Å². The van der Waals surface area contributed by atoms with Gasteiger partial charge in [0, 0.05) is 5.56 Å². The first kappa shape index (κ1) is 10.0. The number of aldehydes is 1. The lowest BCUT2D eigenvalue weighted by Gasteiger charge is -2.09. The zero-order valence-electron chi connectivity index (χ0n) is 8.50. The maximum atomic E-state index is 10.7. The maximum Gasteiger partial charge on any atom is 0.154 e. The SMILES string of the molecule is CBc1ccc(C=O)c(C(C)C)c1. The average Bonchev–Trinajstić information content (AvgIpc) is 2.16. The predicted molar refractivity (Wildman–Crippen MR) is 58.6 cm³/mol. The van der Waals surface area contributed by atoms with Crippen molar-refractivity contribution in [2.24, 2.45) is 0 Å². The highest BCUT2D eigenvalue weighted by Gasteiger charge is 2.06. The van der Waals surface area contributed by atoms with E-state index in [0.717, 1.165) is 24.7 Å². The Morgan fingerprint density at radius 1 is 1.38 bits per heavy atom. The van der Waals surface area contributed by atoms with Crippen molar-refractivity contribution in [3.05, 3.63) is 29.3 Å². The van der Waals surface area contributed by atoms with Gasteiger partial charge in [-0.2, -0.15) is 0 Å². The van der Waals surface area contributed by atoms with Crippen LogP contribution in [0, 0.1) is 0 Å². The Kier molecular flexibility index (Phi) is 3.29. The minimum atomic E-state index is 0.423. The Labute approximate surface area is 80.4 Å². The van der Waals surface area contributed by atoms with Crippen molar-refractivity contribution < 1.29 is 4.79 Å². The van der Waals surface area contributed by atoms with Crippen LogP contribution in [0.2, 0.25) is 6.82 Å². The summed E-state index contributed by atoms with van der Waals surface area (Å²) in [4.78, 5) is 10.7. The molecule has 0 heterocycles. The van der Waals surface area contributed by atoms with Crippen molar-refractivity contribution in [2.75, 3.05) is 0 Å². The summed E-state index contributed by atoms with van der Waals surface area (Å²) < 4.78 is 0. The zero-order chi connectivity index (χ0) is 9.84. The third-order valence-corrected chi connectivity index (χ3v) is 2.31. The fourth-order valence-electron chi connectivity index (χ4n) is 1.45. The average molecular weight is 174 g/mol. The van der Waals surface area contributed by atoms with Crippen LogP contribution in [-0.4, -0.2) is 13.6 Å². The quantitative estimate of drug-likeness (QED) is 0.503. The van der Waals surface area contributed by atoms with E-state index in [1.54, 1.807) is 0 Å². The van der Waals surface area contributed by atoms with Gasteiger partial charge in [0.2, 0.25) is 0 Å². The molecule has 0 unspecified atom stereocenters. The molecule has 0 radical (unpaired) electrons. The Bertz CT molecular complexity index is 305. The van der Waals surface area contributed by atoms with E-state index in [0.29, 0.717) is 5.92 Å². The highest BCUT2D eigenvalue weighted by molar-refractivity contribution is 6.51. The molecule has 2 heteroatoms. The second kappa shape index (κ2) is 4.26. The lowest BCUT2D eigenvalue weighted by molar-refractivity contribution is 0.112. The lowest BCUT2D eigenvalue weighted by atomic mass is 9.72. The molecule has 0 aliphatic carbocycles. The van der Waals surface area contributed by atoms with Crippen LogP contribution in [0.1, 0.15) is 35.7 Å². The molecule has 0 saturated carbocycles. The van der Waals surface area contributed by atoms with Gasteiger partial charge in [-0.25, -0.2) is 0 Å². The van der Waals surface area contributed by atoms with Crippen LogP contribution in [0.25, 0.3) is 0 Å². The normalized spacial score (nSPS) is 10.2. The Hall–Kier alpha value is -1.05. The van der Waals surface area contributed by atoms with E-state index < -0.39 is 0 Å². The summed E-state index contributed by atoms with van der Waals surface area (Å²) in [7, 11) is 1.03. The van der Waals surface area contributed by atoms with E-state index >= 15 is 0 Å².